The third-order valence-corrected chi connectivity index (χ3v) is 7.86. The minimum atomic E-state index is -1.64. The molecule has 2 atom stereocenters. The first-order valence-electron chi connectivity index (χ1n) is 9.79. The van der Waals surface area contributed by atoms with Crippen LogP contribution in [-0.4, -0.2) is 17.2 Å². The first-order valence-corrected chi connectivity index (χ1v) is 12.1. The van der Waals surface area contributed by atoms with Crippen LogP contribution < -0.4 is 0 Å². The van der Waals surface area contributed by atoms with Crippen molar-refractivity contribution >= 4 is 42.2 Å². The van der Waals surface area contributed by atoms with Crippen LogP contribution in [0.4, 0.5) is 0 Å². The summed E-state index contributed by atoms with van der Waals surface area (Å²) in [5.74, 6) is 0.222. The van der Waals surface area contributed by atoms with Gasteiger partial charge in [0.15, 0.2) is 11.0 Å². The molecule has 0 radical (unpaired) electrons. The van der Waals surface area contributed by atoms with Crippen molar-refractivity contribution < 1.29 is 9.59 Å². The van der Waals surface area contributed by atoms with Gasteiger partial charge in [-0.2, -0.15) is 0 Å². The number of hydrogen-bond acceptors (Lipinski definition) is 2. The molecule has 0 N–H and O–H groups in total. The molecule has 0 aliphatic carbocycles. The van der Waals surface area contributed by atoms with E-state index in [1.54, 1.807) is 18.2 Å². The summed E-state index contributed by atoms with van der Waals surface area (Å²) in [6.07, 6.45) is 1.45. The zero-order valence-corrected chi connectivity index (χ0v) is 20.4. The summed E-state index contributed by atoms with van der Waals surface area (Å²) in [7, 11) is -1.64. The molecule has 0 aromatic heterocycles. The Hall–Kier alpha value is -1.21. The fourth-order valence-corrected chi connectivity index (χ4v) is 6.91. The van der Waals surface area contributed by atoms with Gasteiger partial charge in [-0.05, 0) is 61.0 Å². The molecule has 0 saturated heterocycles. The molecule has 2 rings (SSSR count). The third-order valence-electron chi connectivity index (χ3n) is 4.82. The van der Waals surface area contributed by atoms with E-state index in [9.17, 15) is 9.59 Å². The van der Waals surface area contributed by atoms with E-state index in [1.165, 1.54) is 0 Å². The average molecular weight is 451 g/mol. The second-order valence-electron chi connectivity index (χ2n) is 8.95. The van der Waals surface area contributed by atoms with Gasteiger partial charge >= 0.3 is 0 Å². The summed E-state index contributed by atoms with van der Waals surface area (Å²) in [5, 5.41) is 0.598. The molecular weight excluding hydrogens is 422 g/mol. The van der Waals surface area contributed by atoms with Crippen LogP contribution in [0.3, 0.4) is 0 Å². The fraction of sp³-hybridized carbons (Fsp3) is 0.417. The van der Waals surface area contributed by atoms with E-state index in [4.69, 9.17) is 23.2 Å². The lowest BCUT2D eigenvalue weighted by Gasteiger charge is -2.26. The number of halogens is 2. The SMILES string of the molecule is Cc1cccc(C)c1C(=O)P(CC(C)CC(C)(C)C)C(=O)c1c(Cl)cccc1Cl. The van der Waals surface area contributed by atoms with Crippen molar-refractivity contribution in [1.29, 1.82) is 0 Å². The number of rotatable bonds is 7. The Labute approximate surface area is 185 Å². The van der Waals surface area contributed by atoms with Crippen LogP contribution in [0.25, 0.3) is 0 Å². The Morgan fingerprint density at radius 2 is 1.34 bits per heavy atom. The summed E-state index contributed by atoms with van der Waals surface area (Å²) < 4.78 is 0. The van der Waals surface area contributed by atoms with Gasteiger partial charge in [0.1, 0.15) is 0 Å². The molecule has 2 nitrogen and oxygen atoms in total. The molecule has 0 fully saturated rings. The third kappa shape index (κ3) is 6.14. The summed E-state index contributed by atoms with van der Waals surface area (Å²) >= 11 is 12.6. The number of benzene rings is 2. The zero-order chi connectivity index (χ0) is 21.9. The normalized spacial score (nSPS) is 13.8. The van der Waals surface area contributed by atoms with Gasteiger partial charge in [-0.1, -0.05) is 75.2 Å². The van der Waals surface area contributed by atoms with Crippen LogP contribution in [0.15, 0.2) is 36.4 Å². The Morgan fingerprint density at radius 1 is 0.897 bits per heavy atom. The first kappa shape index (κ1) is 24.1. The lowest BCUT2D eigenvalue weighted by molar-refractivity contribution is 0.105. The standard InChI is InChI=1S/C24H29Cl2O2P/c1-15(13-24(4,5)6)14-29(22(27)20-16(2)9-7-10-17(20)3)23(28)21-18(25)11-8-12-19(21)26/h7-12,15H,13-14H2,1-6H3. The number of carbonyl (C=O) groups is 2. The van der Waals surface area contributed by atoms with Crippen molar-refractivity contribution in [3.05, 3.63) is 68.7 Å². The van der Waals surface area contributed by atoms with Crippen LogP contribution in [0.5, 0.6) is 0 Å². The van der Waals surface area contributed by atoms with E-state index >= 15 is 0 Å². The topological polar surface area (TPSA) is 34.1 Å². The Bertz CT molecular complexity index is 812. The number of carbonyl (C=O) groups excluding carboxylic acids is 2. The molecule has 0 heterocycles. The Balaban J connectivity index is 2.51. The van der Waals surface area contributed by atoms with Crippen molar-refractivity contribution in [3.8, 4) is 0 Å². The summed E-state index contributed by atoms with van der Waals surface area (Å²) in [6, 6.07) is 10.8. The van der Waals surface area contributed by atoms with Gasteiger partial charge in [0.2, 0.25) is 0 Å². The van der Waals surface area contributed by atoms with E-state index in [0.29, 0.717) is 21.8 Å². The molecule has 0 saturated carbocycles. The van der Waals surface area contributed by atoms with Crippen molar-refractivity contribution in [3.63, 3.8) is 0 Å². The van der Waals surface area contributed by atoms with Crippen LogP contribution in [0.1, 0.15) is 66.0 Å². The van der Waals surface area contributed by atoms with Crippen LogP contribution >= 0.6 is 31.1 Å². The van der Waals surface area contributed by atoms with Gasteiger partial charge in [-0.25, -0.2) is 0 Å². The van der Waals surface area contributed by atoms with E-state index in [2.05, 4.69) is 27.7 Å². The maximum Gasteiger partial charge on any atom is 0.195 e. The highest BCUT2D eigenvalue weighted by Crippen LogP contribution is 2.49. The van der Waals surface area contributed by atoms with Crippen LogP contribution in [0, 0.1) is 25.2 Å². The first-order chi connectivity index (χ1) is 13.4. The van der Waals surface area contributed by atoms with Crippen LogP contribution in [0.2, 0.25) is 10.0 Å². The summed E-state index contributed by atoms with van der Waals surface area (Å²) in [4.78, 5) is 27.2. The van der Waals surface area contributed by atoms with Gasteiger partial charge in [0.05, 0.1) is 15.6 Å². The smallest absolute Gasteiger partial charge is 0.195 e. The molecule has 0 aliphatic rings. The molecule has 0 aliphatic heterocycles. The minimum Gasteiger partial charge on any atom is -0.289 e. The quantitative estimate of drug-likeness (QED) is 0.398. The zero-order valence-electron chi connectivity index (χ0n) is 18.0. The predicted octanol–water partition coefficient (Wildman–Crippen LogP) is 8.15. The molecule has 5 heteroatoms. The number of hydrogen-bond donors (Lipinski definition) is 0. The predicted molar refractivity (Wildman–Crippen MR) is 126 cm³/mol. The second kappa shape index (κ2) is 9.73. The van der Waals surface area contributed by atoms with Crippen molar-refractivity contribution in [2.75, 3.05) is 6.16 Å². The minimum absolute atomic E-state index is 0.0858. The summed E-state index contributed by atoms with van der Waals surface area (Å²) in [5.41, 5.74) is 2.50. The monoisotopic (exact) mass is 450 g/mol. The fourth-order valence-electron chi connectivity index (χ4n) is 3.80. The maximum atomic E-state index is 13.6. The molecule has 0 spiro atoms. The van der Waals surface area contributed by atoms with Gasteiger partial charge < -0.3 is 0 Å². The van der Waals surface area contributed by atoms with Crippen molar-refractivity contribution in [2.45, 2.75) is 48.0 Å². The highest BCUT2D eigenvalue weighted by atomic mass is 35.5. The van der Waals surface area contributed by atoms with E-state index in [1.807, 2.05) is 32.0 Å². The van der Waals surface area contributed by atoms with E-state index in [0.717, 1.165) is 17.5 Å². The average Bonchev–Trinajstić information content (AvgIpc) is 2.57. The molecular formula is C24H29Cl2O2P. The molecule has 2 aromatic carbocycles. The second-order valence-corrected chi connectivity index (χ2v) is 11.8. The molecule has 2 unspecified atom stereocenters. The van der Waals surface area contributed by atoms with Crippen LogP contribution in [-0.2, 0) is 0 Å². The molecule has 156 valence electrons. The highest BCUT2D eigenvalue weighted by Gasteiger charge is 2.34. The van der Waals surface area contributed by atoms with Gasteiger partial charge in [0, 0.05) is 13.5 Å². The Morgan fingerprint density at radius 3 is 1.83 bits per heavy atom. The van der Waals surface area contributed by atoms with Gasteiger partial charge in [-0.15, -0.1) is 0 Å². The Kier molecular flexibility index (Phi) is 8.08. The largest absolute Gasteiger partial charge is 0.289 e. The molecule has 0 bridgehead atoms. The number of aryl methyl sites for hydroxylation is 2. The van der Waals surface area contributed by atoms with Gasteiger partial charge in [-0.3, -0.25) is 9.59 Å². The van der Waals surface area contributed by atoms with E-state index < -0.39 is 7.92 Å². The van der Waals surface area contributed by atoms with Crippen molar-refractivity contribution in [1.82, 2.24) is 0 Å². The molecule has 2 aromatic rings. The summed E-state index contributed by atoms with van der Waals surface area (Å²) in [6.45, 7) is 12.5. The maximum absolute atomic E-state index is 13.6. The molecule has 29 heavy (non-hydrogen) atoms. The molecule has 0 amide bonds. The van der Waals surface area contributed by atoms with E-state index in [-0.39, 0.29) is 27.9 Å². The van der Waals surface area contributed by atoms with Crippen molar-refractivity contribution in [2.24, 2.45) is 11.3 Å². The van der Waals surface area contributed by atoms with Gasteiger partial charge in [0.25, 0.3) is 0 Å². The highest BCUT2D eigenvalue weighted by molar-refractivity contribution is 7.90. The lowest BCUT2D eigenvalue weighted by Crippen LogP contribution is -2.19. The lowest BCUT2D eigenvalue weighted by atomic mass is 9.86.